The third-order valence-corrected chi connectivity index (χ3v) is 4.21. The van der Waals surface area contributed by atoms with Crippen LogP contribution in [-0.4, -0.2) is 31.2 Å². The molecule has 136 valence electrons. The van der Waals surface area contributed by atoms with Crippen LogP contribution in [0, 0.1) is 0 Å². The lowest BCUT2D eigenvalue weighted by molar-refractivity contribution is 0.0858. The number of amides is 3. The molecule has 1 aliphatic rings. The number of benzene rings is 2. The molecule has 1 fully saturated rings. The summed E-state index contributed by atoms with van der Waals surface area (Å²) in [7, 11) is 0. The van der Waals surface area contributed by atoms with Gasteiger partial charge in [0.1, 0.15) is 0 Å². The Morgan fingerprint density at radius 1 is 1.08 bits per heavy atom. The van der Waals surface area contributed by atoms with Crippen molar-refractivity contribution in [3.05, 3.63) is 59.1 Å². The molecule has 2 aromatic rings. The Morgan fingerprint density at radius 2 is 1.81 bits per heavy atom. The average molecular weight is 374 g/mol. The van der Waals surface area contributed by atoms with E-state index in [1.54, 1.807) is 48.5 Å². The zero-order valence-corrected chi connectivity index (χ0v) is 14.9. The van der Waals surface area contributed by atoms with Gasteiger partial charge in [-0.1, -0.05) is 23.7 Å². The third kappa shape index (κ3) is 5.21. The minimum Gasteiger partial charge on any atom is -0.376 e. The van der Waals surface area contributed by atoms with Crippen LogP contribution in [0.4, 0.5) is 16.2 Å². The Bertz CT molecular complexity index is 791. The van der Waals surface area contributed by atoms with E-state index in [1.165, 1.54) is 0 Å². The van der Waals surface area contributed by atoms with Crippen molar-refractivity contribution < 1.29 is 14.3 Å². The van der Waals surface area contributed by atoms with Crippen LogP contribution < -0.4 is 16.0 Å². The quantitative estimate of drug-likeness (QED) is 0.743. The van der Waals surface area contributed by atoms with E-state index in [1.807, 2.05) is 0 Å². The Hall–Kier alpha value is -2.57. The van der Waals surface area contributed by atoms with E-state index >= 15 is 0 Å². The summed E-state index contributed by atoms with van der Waals surface area (Å²) in [4.78, 5) is 24.3. The zero-order chi connectivity index (χ0) is 18.4. The topological polar surface area (TPSA) is 79.5 Å². The van der Waals surface area contributed by atoms with Crippen LogP contribution in [0.5, 0.6) is 0 Å². The summed E-state index contributed by atoms with van der Waals surface area (Å²) in [5.41, 5.74) is 1.58. The standard InChI is InChI=1S/C19H20ClN3O3/c20-14-5-2-7-16(11-14)23-19(25)22-15-6-1-4-13(10-15)18(24)21-12-17-8-3-9-26-17/h1-2,4-7,10-11,17H,3,8-9,12H2,(H,21,24)(H2,22,23,25)/t17-/m1/s1. The van der Waals surface area contributed by atoms with E-state index in [9.17, 15) is 9.59 Å². The monoisotopic (exact) mass is 373 g/mol. The molecule has 2 aromatic carbocycles. The molecule has 0 aliphatic carbocycles. The molecular weight excluding hydrogens is 354 g/mol. The number of ether oxygens (including phenoxy) is 1. The second-order valence-electron chi connectivity index (χ2n) is 6.02. The number of halogens is 1. The van der Waals surface area contributed by atoms with Crippen molar-refractivity contribution in [1.29, 1.82) is 0 Å². The highest BCUT2D eigenvalue weighted by Gasteiger charge is 2.16. The maximum Gasteiger partial charge on any atom is 0.323 e. The first-order valence-corrected chi connectivity index (χ1v) is 8.81. The molecule has 26 heavy (non-hydrogen) atoms. The first kappa shape index (κ1) is 18.2. The summed E-state index contributed by atoms with van der Waals surface area (Å²) in [6.45, 7) is 1.24. The number of anilines is 2. The van der Waals surface area contributed by atoms with Crippen molar-refractivity contribution in [2.24, 2.45) is 0 Å². The lowest BCUT2D eigenvalue weighted by Crippen LogP contribution is -2.31. The lowest BCUT2D eigenvalue weighted by Gasteiger charge is -2.12. The van der Waals surface area contributed by atoms with E-state index in [-0.39, 0.29) is 12.0 Å². The van der Waals surface area contributed by atoms with Crippen molar-refractivity contribution in [2.45, 2.75) is 18.9 Å². The smallest absolute Gasteiger partial charge is 0.323 e. The SMILES string of the molecule is O=C(Nc1cccc(Cl)c1)Nc1cccc(C(=O)NC[C@H]2CCCO2)c1. The number of hydrogen-bond acceptors (Lipinski definition) is 3. The molecule has 1 aliphatic heterocycles. The molecule has 1 heterocycles. The van der Waals surface area contributed by atoms with Gasteiger partial charge in [-0.2, -0.15) is 0 Å². The largest absolute Gasteiger partial charge is 0.376 e. The van der Waals surface area contributed by atoms with Gasteiger partial charge in [-0.05, 0) is 49.2 Å². The number of rotatable bonds is 5. The van der Waals surface area contributed by atoms with Gasteiger partial charge in [0.25, 0.3) is 5.91 Å². The van der Waals surface area contributed by atoms with Gasteiger partial charge >= 0.3 is 6.03 Å². The second-order valence-corrected chi connectivity index (χ2v) is 6.45. The van der Waals surface area contributed by atoms with E-state index in [4.69, 9.17) is 16.3 Å². The van der Waals surface area contributed by atoms with Crippen LogP contribution in [0.15, 0.2) is 48.5 Å². The number of carbonyl (C=O) groups excluding carboxylic acids is 2. The van der Waals surface area contributed by atoms with Crippen LogP contribution in [-0.2, 0) is 4.74 Å². The summed E-state index contributed by atoms with van der Waals surface area (Å²) in [5, 5.41) is 8.79. The molecule has 1 saturated heterocycles. The molecule has 0 bridgehead atoms. The molecule has 0 aromatic heterocycles. The van der Waals surface area contributed by atoms with E-state index < -0.39 is 6.03 Å². The van der Waals surface area contributed by atoms with Crippen molar-refractivity contribution in [2.75, 3.05) is 23.8 Å². The molecular formula is C19H20ClN3O3. The molecule has 3 amide bonds. The Kier molecular flexibility index (Phi) is 6.09. The normalized spacial score (nSPS) is 16.1. The predicted molar refractivity (Wildman–Crippen MR) is 102 cm³/mol. The molecule has 7 heteroatoms. The first-order chi connectivity index (χ1) is 12.6. The summed E-state index contributed by atoms with van der Waals surface area (Å²) >= 11 is 5.90. The van der Waals surface area contributed by atoms with E-state index in [2.05, 4.69) is 16.0 Å². The number of carbonyl (C=O) groups is 2. The molecule has 0 saturated carbocycles. The van der Waals surface area contributed by atoms with Gasteiger partial charge in [0.2, 0.25) is 0 Å². The molecule has 1 atom stereocenters. The highest BCUT2D eigenvalue weighted by atomic mass is 35.5. The van der Waals surface area contributed by atoms with Crippen LogP contribution in [0.1, 0.15) is 23.2 Å². The van der Waals surface area contributed by atoms with Crippen molar-refractivity contribution >= 4 is 34.9 Å². The fourth-order valence-electron chi connectivity index (χ4n) is 2.71. The van der Waals surface area contributed by atoms with Gasteiger partial charge in [0.15, 0.2) is 0 Å². The van der Waals surface area contributed by atoms with Crippen molar-refractivity contribution in [3.63, 3.8) is 0 Å². The maximum atomic E-state index is 12.3. The highest BCUT2D eigenvalue weighted by molar-refractivity contribution is 6.30. The summed E-state index contributed by atoms with van der Waals surface area (Å²) < 4.78 is 5.49. The summed E-state index contributed by atoms with van der Waals surface area (Å²) in [6, 6.07) is 13.2. The zero-order valence-electron chi connectivity index (χ0n) is 14.1. The molecule has 3 N–H and O–H groups in total. The Morgan fingerprint density at radius 3 is 2.50 bits per heavy atom. The molecule has 0 unspecified atom stereocenters. The van der Waals surface area contributed by atoms with Crippen molar-refractivity contribution in [1.82, 2.24) is 5.32 Å². The molecule has 0 radical (unpaired) electrons. The summed E-state index contributed by atoms with van der Waals surface area (Å²) in [5.74, 6) is -0.195. The van der Waals surface area contributed by atoms with Gasteiger partial charge in [-0.3, -0.25) is 4.79 Å². The minimum atomic E-state index is -0.413. The van der Waals surface area contributed by atoms with Gasteiger partial charge in [0, 0.05) is 35.1 Å². The van der Waals surface area contributed by atoms with E-state index in [0.717, 1.165) is 19.4 Å². The first-order valence-electron chi connectivity index (χ1n) is 8.43. The van der Waals surface area contributed by atoms with Crippen LogP contribution in [0.25, 0.3) is 0 Å². The number of nitrogens with one attached hydrogen (secondary N) is 3. The lowest BCUT2D eigenvalue weighted by atomic mass is 10.1. The van der Waals surface area contributed by atoms with Gasteiger partial charge in [-0.15, -0.1) is 0 Å². The Balaban J connectivity index is 1.56. The maximum absolute atomic E-state index is 12.3. The predicted octanol–water partition coefficient (Wildman–Crippen LogP) is 3.89. The molecule has 0 spiro atoms. The minimum absolute atomic E-state index is 0.0868. The average Bonchev–Trinajstić information content (AvgIpc) is 3.13. The van der Waals surface area contributed by atoms with E-state index in [0.29, 0.717) is 28.5 Å². The Labute approximate surface area is 156 Å². The fourth-order valence-corrected chi connectivity index (χ4v) is 2.90. The van der Waals surface area contributed by atoms with Crippen molar-refractivity contribution in [3.8, 4) is 0 Å². The third-order valence-electron chi connectivity index (χ3n) is 3.98. The fraction of sp³-hybridized carbons (Fsp3) is 0.263. The molecule has 6 nitrogen and oxygen atoms in total. The van der Waals surface area contributed by atoms with Gasteiger partial charge in [-0.25, -0.2) is 4.79 Å². The van der Waals surface area contributed by atoms with Gasteiger partial charge in [0.05, 0.1) is 6.10 Å². The highest BCUT2D eigenvalue weighted by Crippen LogP contribution is 2.16. The summed E-state index contributed by atoms with van der Waals surface area (Å²) in [6.07, 6.45) is 2.08. The second kappa shape index (κ2) is 8.69. The van der Waals surface area contributed by atoms with Gasteiger partial charge < -0.3 is 20.7 Å². The number of hydrogen-bond donors (Lipinski definition) is 3. The number of urea groups is 1. The van der Waals surface area contributed by atoms with Crippen LogP contribution in [0.2, 0.25) is 5.02 Å². The molecule has 3 rings (SSSR count). The van der Waals surface area contributed by atoms with Crippen LogP contribution >= 0.6 is 11.6 Å². The van der Waals surface area contributed by atoms with Crippen LogP contribution in [0.3, 0.4) is 0 Å².